The van der Waals surface area contributed by atoms with E-state index in [0.29, 0.717) is 5.92 Å². The molecule has 3 heterocycles. The summed E-state index contributed by atoms with van der Waals surface area (Å²) in [5, 5.41) is 2.22. The van der Waals surface area contributed by atoms with Crippen molar-refractivity contribution in [3.63, 3.8) is 0 Å². The summed E-state index contributed by atoms with van der Waals surface area (Å²) in [5.74, 6) is 1.72. The van der Waals surface area contributed by atoms with Gasteiger partial charge in [-0.15, -0.1) is 0 Å². The number of hydrogen-bond acceptors (Lipinski definition) is 5. The fourth-order valence-corrected chi connectivity index (χ4v) is 4.49. The van der Waals surface area contributed by atoms with E-state index in [1.165, 1.54) is 17.2 Å². The maximum absolute atomic E-state index is 11.5. The van der Waals surface area contributed by atoms with E-state index in [2.05, 4.69) is 35.6 Å². The van der Waals surface area contributed by atoms with Crippen molar-refractivity contribution >= 4 is 26.4 Å². The van der Waals surface area contributed by atoms with Gasteiger partial charge in [0, 0.05) is 48.7 Å². The maximum atomic E-state index is 11.5. The van der Waals surface area contributed by atoms with Gasteiger partial charge in [-0.3, -0.25) is 4.98 Å². The van der Waals surface area contributed by atoms with Crippen LogP contribution in [0.5, 0.6) is 0 Å². The van der Waals surface area contributed by atoms with Gasteiger partial charge in [0.25, 0.3) is 0 Å². The van der Waals surface area contributed by atoms with Crippen molar-refractivity contribution in [1.29, 1.82) is 0 Å². The van der Waals surface area contributed by atoms with E-state index in [0.717, 1.165) is 17.7 Å². The zero-order valence-corrected chi connectivity index (χ0v) is 14.8. The summed E-state index contributed by atoms with van der Waals surface area (Å²) in [6.45, 7) is 7.11. The van der Waals surface area contributed by atoms with Crippen LogP contribution in [0.3, 0.4) is 0 Å². The summed E-state index contributed by atoms with van der Waals surface area (Å²) in [4.78, 5) is 11.1. The van der Waals surface area contributed by atoms with E-state index in [9.17, 15) is 8.42 Å². The van der Waals surface area contributed by atoms with Gasteiger partial charge in [-0.05, 0) is 29.9 Å². The highest BCUT2D eigenvalue weighted by Gasteiger charge is 2.38. The highest BCUT2D eigenvalue weighted by Crippen LogP contribution is 2.36. The molecule has 124 valence electrons. The molecule has 0 radical (unpaired) electrons. The van der Waals surface area contributed by atoms with Gasteiger partial charge in [0.1, 0.15) is 15.7 Å². The molecule has 0 aromatic carbocycles. The first-order chi connectivity index (χ1) is 10.8. The van der Waals surface area contributed by atoms with Crippen molar-refractivity contribution < 1.29 is 8.42 Å². The number of pyridine rings is 2. The molecular weight excluding hydrogens is 310 g/mol. The van der Waals surface area contributed by atoms with Crippen LogP contribution in [0.2, 0.25) is 0 Å². The SMILES string of the molecule is CC(C)c1cnc(N2C[C@H](CS(C)(=O)=O)[C@H]2C)c2cnccc12. The molecular formula is C17H23N3O2S. The van der Waals surface area contributed by atoms with Crippen LogP contribution in [0, 0.1) is 5.92 Å². The minimum Gasteiger partial charge on any atom is -0.353 e. The van der Waals surface area contributed by atoms with Gasteiger partial charge >= 0.3 is 0 Å². The van der Waals surface area contributed by atoms with Gasteiger partial charge in [-0.2, -0.15) is 0 Å². The lowest BCUT2D eigenvalue weighted by molar-refractivity contribution is 0.339. The largest absolute Gasteiger partial charge is 0.353 e. The molecule has 3 rings (SSSR count). The van der Waals surface area contributed by atoms with Crippen molar-refractivity contribution in [2.24, 2.45) is 5.92 Å². The third kappa shape index (κ3) is 3.04. The maximum Gasteiger partial charge on any atom is 0.147 e. The van der Waals surface area contributed by atoms with Crippen molar-refractivity contribution in [3.8, 4) is 0 Å². The molecule has 0 bridgehead atoms. The van der Waals surface area contributed by atoms with Crippen LogP contribution in [-0.2, 0) is 9.84 Å². The van der Waals surface area contributed by atoms with Crippen LogP contribution in [0.15, 0.2) is 24.7 Å². The van der Waals surface area contributed by atoms with E-state index in [4.69, 9.17) is 0 Å². The second-order valence-electron chi connectivity index (χ2n) is 6.86. The molecule has 0 aliphatic carbocycles. The lowest BCUT2D eigenvalue weighted by atomic mass is 9.90. The van der Waals surface area contributed by atoms with E-state index in [1.807, 2.05) is 24.7 Å². The fraction of sp³-hybridized carbons (Fsp3) is 0.529. The second-order valence-corrected chi connectivity index (χ2v) is 9.04. The molecule has 0 N–H and O–H groups in total. The Morgan fingerprint density at radius 2 is 2.04 bits per heavy atom. The first kappa shape index (κ1) is 16.2. The number of hydrogen-bond donors (Lipinski definition) is 0. The summed E-state index contributed by atoms with van der Waals surface area (Å²) in [7, 11) is -2.94. The topological polar surface area (TPSA) is 63.2 Å². The second kappa shape index (κ2) is 5.74. The molecule has 1 aliphatic rings. The quantitative estimate of drug-likeness (QED) is 0.860. The highest BCUT2D eigenvalue weighted by atomic mass is 32.2. The van der Waals surface area contributed by atoms with Crippen LogP contribution < -0.4 is 4.90 Å². The van der Waals surface area contributed by atoms with E-state index in [1.54, 1.807) is 0 Å². The Balaban J connectivity index is 1.95. The summed E-state index contributed by atoms with van der Waals surface area (Å²) < 4.78 is 23.0. The molecule has 0 amide bonds. The standard InChI is InChI=1S/C17H23N3O2S/c1-11(2)15-8-19-17(16-7-18-6-5-14(15)16)20-9-13(12(20)3)10-23(4,21)22/h5-8,11-13H,9-10H2,1-4H3/t12-,13-/m1/s1. The molecule has 5 nitrogen and oxygen atoms in total. The minimum absolute atomic E-state index is 0.170. The van der Waals surface area contributed by atoms with Gasteiger partial charge in [-0.1, -0.05) is 13.8 Å². The minimum atomic E-state index is -2.94. The van der Waals surface area contributed by atoms with Gasteiger partial charge in [-0.25, -0.2) is 13.4 Å². The molecule has 2 aromatic rings. The molecule has 1 fully saturated rings. The van der Waals surface area contributed by atoms with Gasteiger partial charge < -0.3 is 4.90 Å². The zero-order valence-electron chi connectivity index (χ0n) is 14.0. The Bertz CT molecular complexity index is 833. The number of aromatic nitrogens is 2. The molecule has 0 saturated carbocycles. The monoisotopic (exact) mass is 333 g/mol. The van der Waals surface area contributed by atoms with Gasteiger partial charge in [0.2, 0.25) is 0 Å². The first-order valence-electron chi connectivity index (χ1n) is 7.95. The van der Waals surface area contributed by atoms with Gasteiger partial charge in [0.05, 0.1) is 5.75 Å². The van der Waals surface area contributed by atoms with Crippen molar-refractivity contribution in [2.45, 2.75) is 32.7 Å². The third-order valence-corrected chi connectivity index (χ3v) is 5.75. The van der Waals surface area contributed by atoms with Crippen LogP contribution in [-0.4, -0.2) is 43.0 Å². The normalized spacial score (nSPS) is 21.7. The smallest absolute Gasteiger partial charge is 0.147 e. The molecule has 2 atom stereocenters. The Kier molecular flexibility index (Phi) is 4.04. The number of fused-ring (bicyclic) bond motifs is 1. The van der Waals surface area contributed by atoms with Crippen molar-refractivity contribution in [1.82, 2.24) is 9.97 Å². The van der Waals surface area contributed by atoms with E-state index < -0.39 is 9.84 Å². The number of anilines is 1. The Labute approximate surface area is 137 Å². The molecule has 2 aromatic heterocycles. The fourth-order valence-electron chi connectivity index (χ4n) is 3.33. The lowest BCUT2D eigenvalue weighted by Crippen LogP contribution is -2.57. The molecule has 1 aliphatic heterocycles. The van der Waals surface area contributed by atoms with Crippen LogP contribution >= 0.6 is 0 Å². The summed E-state index contributed by atoms with van der Waals surface area (Å²) in [6.07, 6.45) is 6.92. The van der Waals surface area contributed by atoms with Crippen LogP contribution in [0.4, 0.5) is 5.82 Å². The Morgan fingerprint density at radius 1 is 1.30 bits per heavy atom. The van der Waals surface area contributed by atoms with Crippen LogP contribution in [0.25, 0.3) is 10.8 Å². The molecule has 0 spiro atoms. The average molecular weight is 333 g/mol. The first-order valence-corrected chi connectivity index (χ1v) is 10.0. The summed E-state index contributed by atoms with van der Waals surface area (Å²) >= 11 is 0. The molecule has 1 saturated heterocycles. The van der Waals surface area contributed by atoms with Crippen molar-refractivity contribution in [3.05, 3.63) is 30.2 Å². The average Bonchev–Trinajstić information content (AvgIpc) is 2.49. The molecule has 6 heteroatoms. The third-order valence-electron chi connectivity index (χ3n) is 4.71. The number of sulfone groups is 1. The predicted octanol–water partition coefficient (Wildman–Crippen LogP) is 2.62. The summed E-state index contributed by atoms with van der Waals surface area (Å²) in [5.41, 5.74) is 1.21. The lowest BCUT2D eigenvalue weighted by Gasteiger charge is -2.47. The Hall–Kier alpha value is -1.69. The number of nitrogens with zero attached hydrogens (tertiary/aromatic N) is 3. The Morgan fingerprint density at radius 3 is 2.65 bits per heavy atom. The summed E-state index contributed by atoms with van der Waals surface area (Å²) in [6, 6.07) is 2.21. The molecule has 23 heavy (non-hydrogen) atoms. The zero-order chi connectivity index (χ0) is 16.8. The van der Waals surface area contributed by atoms with Gasteiger partial charge in [0.15, 0.2) is 0 Å². The van der Waals surface area contributed by atoms with Crippen molar-refractivity contribution in [2.75, 3.05) is 23.5 Å². The predicted molar refractivity (Wildman–Crippen MR) is 93.6 cm³/mol. The van der Waals surface area contributed by atoms with Crippen LogP contribution in [0.1, 0.15) is 32.3 Å². The van der Waals surface area contributed by atoms with E-state index >= 15 is 0 Å². The van der Waals surface area contributed by atoms with E-state index in [-0.39, 0.29) is 17.7 Å². The number of rotatable bonds is 4. The highest BCUT2D eigenvalue weighted by molar-refractivity contribution is 7.90. The molecule has 0 unspecified atom stereocenters.